The summed E-state index contributed by atoms with van der Waals surface area (Å²) in [6, 6.07) is 1.22. The van der Waals surface area contributed by atoms with Crippen LogP contribution in [0.1, 0.15) is 44.6 Å². The summed E-state index contributed by atoms with van der Waals surface area (Å²) in [5, 5.41) is 2.63. The fourth-order valence-corrected chi connectivity index (χ4v) is 4.59. The number of carbonyl (C=O) groups is 2. The predicted octanol–water partition coefficient (Wildman–Crippen LogP) is 2.27. The second-order valence-corrected chi connectivity index (χ2v) is 7.88. The van der Waals surface area contributed by atoms with Crippen LogP contribution in [0.4, 0.5) is 13.2 Å². The minimum Gasteiger partial charge on any atom is -0.356 e. The average molecular weight is 397 g/mol. The highest BCUT2D eigenvalue weighted by Gasteiger charge is 2.44. The predicted molar refractivity (Wildman–Crippen MR) is 97.7 cm³/mol. The van der Waals surface area contributed by atoms with Crippen LogP contribution in [0.25, 0.3) is 0 Å². The maximum atomic E-state index is 13.9. The lowest BCUT2D eigenvalue weighted by molar-refractivity contribution is -0.136. The number of fused-ring (bicyclic) bond motifs is 2. The molecule has 3 atom stereocenters. The SMILES string of the molecule is CC(=O)NCCC(=O)N1C2CCC1CC([C@H](N)Cc1cc(F)c(F)cc1F)C2. The molecule has 2 unspecified atom stereocenters. The smallest absolute Gasteiger partial charge is 0.224 e. The molecule has 2 saturated heterocycles. The Kier molecular flexibility index (Phi) is 6.27. The van der Waals surface area contributed by atoms with Crippen LogP contribution < -0.4 is 11.1 Å². The molecule has 1 aromatic carbocycles. The number of hydrogen-bond acceptors (Lipinski definition) is 3. The summed E-state index contributed by atoms with van der Waals surface area (Å²) in [7, 11) is 0. The van der Waals surface area contributed by atoms with Crippen LogP contribution in [-0.2, 0) is 16.0 Å². The number of nitrogens with one attached hydrogen (secondary N) is 1. The second kappa shape index (κ2) is 8.51. The average Bonchev–Trinajstić information content (AvgIpc) is 2.89. The Morgan fingerprint density at radius 3 is 2.36 bits per heavy atom. The van der Waals surface area contributed by atoms with Crippen LogP contribution >= 0.6 is 0 Å². The summed E-state index contributed by atoms with van der Waals surface area (Å²) in [5.41, 5.74) is 6.37. The van der Waals surface area contributed by atoms with E-state index in [1.165, 1.54) is 6.92 Å². The van der Waals surface area contributed by atoms with E-state index in [0.29, 0.717) is 12.6 Å². The minimum atomic E-state index is -1.21. The van der Waals surface area contributed by atoms with E-state index in [9.17, 15) is 22.8 Å². The van der Waals surface area contributed by atoms with Gasteiger partial charge in [-0.2, -0.15) is 0 Å². The molecule has 2 aliphatic rings. The van der Waals surface area contributed by atoms with E-state index >= 15 is 0 Å². The molecule has 2 bridgehead atoms. The standard InChI is InChI=1S/C20H26F3N3O2/c1-11(27)25-5-4-20(28)26-14-2-3-15(26)7-13(6-14)19(24)9-12-8-17(22)18(23)10-16(12)21/h8,10,13-15,19H,2-7,9,24H2,1H3,(H,25,27)/t13?,14?,15?,19-/m1/s1. The molecular formula is C20H26F3N3O2. The molecule has 0 aliphatic carbocycles. The van der Waals surface area contributed by atoms with Crippen molar-refractivity contribution in [3.8, 4) is 0 Å². The topological polar surface area (TPSA) is 75.4 Å². The van der Waals surface area contributed by atoms with Crippen molar-refractivity contribution in [3.63, 3.8) is 0 Å². The van der Waals surface area contributed by atoms with Gasteiger partial charge in [-0.3, -0.25) is 9.59 Å². The van der Waals surface area contributed by atoms with Crippen molar-refractivity contribution >= 4 is 11.8 Å². The van der Waals surface area contributed by atoms with Gasteiger partial charge in [0.2, 0.25) is 11.8 Å². The van der Waals surface area contributed by atoms with Crippen molar-refractivity contribution in [1.82, 2.24) is 10.2 Å². The molecule has 0 aromatic heterocycles. The van der Waals surface area contributed by atoms with Gasteiger partial charge in [-0.15, -0.1) is 0 Å². The molecule has 28 heavy (non-hydrogen) atoms. The van der Waals surface area contributed by atoms with Gasteiger partial charge < -0.3 is 16.0 Å². The summed E-state index contributed by atoms with van der Waals surface area (Å²) >= 11 is 0. The van der Waals surface area contributed by atoms with Gasteiger partial charge in [0.05, 0.1) is 0 Å². The van der Waals surface area contributed by atoms with Crippen LogP contribution in [0.5, 0.6) is 0 Å². The molecular weight excluding hydrogens is 371 g/mol. The molecule has 0 radical (unpaired) electrons. The molecule has 154 valence electrons. The van der Waals surface area contributed by atoms with E-state index < -0.39 is 17.5 Å². The summed E-state index contributed by atoms with van der Waals surface area (Å²) in [4.78, 5) is 25.4. The number of hydrogen-bond donors (Lipinski definition) is 2. The molecule has 3 N–H and O–H groups in total. The van der Waals surface area contributed by atoms with Gasteiger partial charge in [-0.05, 0) is 49.7 Å². The lowest BCUT2D eigenvalue weighted by Crippen LogP contribution is -2.50. The molecule has 2 heterocycles. The molecule has 2 amide bonds. The Labute approximate surface area is 162 Å². The maximum absolute atomic E-state index is 13.9. The fraction of sp³-hybridized carbons (Fsp3) is 0.600. The highest BCUT2D eigenvalue weighted by atomic mass is 19.2. The Hall–Kier alpha value is -2.09. The fourth-order valence-electron chi connectivity index (χ4n) is 4.59. The van der Waals surface area contributed by atoms with E-state index in [0.717, 1.165) is 31.7 Å². The van der Waals surface area contributed by atoms with Crippen LogP contribution in [-0.4, -0.2) is 41.4 Å². The van der Waals surface area contributed by atoms with Crippen LogP contribution in [0.3, 0.4) is 0 Å². The number of benzene rings is 1. The maximum Gasteiger partial charge on any atom is 0.224 e. The van der Waals surface area contributed by atoms with E-state index in [1.54, 1.807) is 0 Å². The highest BCUT2D eigenvalue weighted by molar-refractivity contribution is 5.79. The monoisotopic (exact) mass is 397 g/mol. The number of nitrogens with two attached hydrogens (primary N) is 1. The number of piperidine rings is 1. The van der Waals surface area contributed by atoms with Gasteiger partial charge >= 0.3 is 0 Å². The Morgan fingerprint density at radius 2 is 1.75 bits per heavy atom. The third-order valence-corrected chi connectivity index (χ3v) is 5.92. The lowest BCUT2D eigenvalue weighted by atomic mass is 9.82. The zero-order valence-corrected chi connectivity index (χ0v) is 15.9. The van der Waals surface area contributed by atoms with Gasteiger partial charge in [0.25, 0.3) is 0 Å². The molecule has 2 fully saturated rings. The zero-order chi connectivity index (χ0) is 20.4. The van der Waals surface area contributed by atoms with E-state index in [2.05, 4.69) is 5.32 Å². The Balaban J connectivity index is 1.59. The first-order valence-corrected chi connectivity index (χ1v) is 9.70. The second-order valence-electron chi connectivity index (χ2n) is 7.88. The van der Waals surface area contributed by atoms with Crippen molar-refractivity contribution in [2.75, 3.05) is 6.54 Å². The molecule has 8 heteroatoms. The normalized spacial score (nSPS) is 24.9. The van der Waals surface area contributed by atoms with Gasteiger partial charge in [-0.25, -0.2) is 13.2 Å². The molecule has 2 aliphatic heterocycles. The summed E-state index contributed by atoms with van der Waals surface area (Å²) in [6.07, 6.45) is 3.63. The number of nitrogens with zero attached hydrogens (tertiary/aromatic N) is 1. The third-order valence-electron chi connectivity index (χ3n) is 5.92. The zero-order valence-electron chi connectivity index (χ0n) is 15.9. The number of rotatable bonds is 6. The van der Waals surface area contributed by atoms with Crippen LogP contribution in [0, 0.1) is 23.4 Å². The van der Waals surface area contributed by atoms with Crippen molar-refractivity contribution in [2.24, 2.45) is 11.7 Å². The van der Waals surface area contributed by atoms with Crippen molar-refractivity contribution in [2.45, 2.75) is 63.6 Å². The third kappa shape index (κ3) is 4.48. The van der Waals surface area contributed by atoms with Gasteiger partial charge in [0.15, 0.2) is 11.6 Å². The highest BCUT2D eigenvalue weighted by Crippen LogP contribution is 2.40. The minimum absolute atomic E-state index is 0.0277. The first-order valence-electron chi connectivity index (χ1n) is 9.70. The molecule has 0 saturated carbocycles. The largest absolute Gasteiger partial charge is 0.356 e. The molecule has 1 aromatic rings. The summed E-state index contributed by atoms with van der Waals surface area (Å²) in [5.74, 6) is -3.13. The van der Waals surface area contributed by atoms with Crippen LogP contribution in [0.2, 0.25) is 0 Å². The Morgan fingerprint density at radius 1 is 1.14 bits per heavy atom. The number of carbonyl (C=O) groups excluding carboxylic acids is 2. The van der Waals surface area contributed by atoms with E-state index in [-0.39, 0.29) is 54.3 Å². The Bertz CT molecular complexity index is 744. The van der Waals surface area contributed by atoms with E-state index in [1.807, 2.05) is 4.90 Å². The van der Waals surface area contributed by atoms with Crippen molar-refractivity contribution in [1.29, 1.82) is 0 Å². The van der Waals surface area contributed by atoms with Crippen molar-refractivity contribution in [3.05, 3.63) is 35.1 Å². The lowest BCUT2D eigenvalue weighted by Gasteiger charge is -2.41. The summed E-state index contributed by atoms with van der Waals surface area (Å²) < 4.78 is 40.5. The van der Waals surface area contributed by atoms with Crippen molar-refractivity contribution < 1.29 is 22.8 Å². The van der Waals surface area contributed by atoms with Gasteiger partial charge in [-0.1, -0.05) is 0 Å². The van der Waals surface area contributed by atoms with Crippen LogP contribution in [0.15, 0.2) is 12.1 Å². The number of amides is 2. The molecule has 5 nitrogen and oxygen atoms in total. The first kappa shape index (κ1) is 20.6. The molecule has 3 rings (SSSR count). The summed E-state index contributed by atoms with van der Waals surface area (Å²) in [6.45, 7) is 1.74. The molecule has 0 spiro atoms. The quantitative estimate of drug-likeness (QED) is 0.723. The first-order chi connectivity index (χ1) is 13.3. The van der Waals surface area contributed by atoms with E-state index in [4.69, 9.17) is 5.73 Å². The number of halogens is 3. The van der Waals surface area contributed by atoms with Gasteiger partial charge in [0, 0.05) is 44.1 Å². The van der Waals surface area contributed by atoms with Gasteiger partial charge in [0.1, 0.15) is 5.82 Å².